The minimum Gasteiger partial charge on any atom is -0.334 e. The number of amides is 1. The van der Waals surface area contributed by atoms with Crippen molar-refractivity contribution in [1.29, 1.82) is 0 Å². The van der Waals surface area contributed by atoms with Crippen molar-refractivity contribution in [3.8, 4) is 0 Å². The summed E-state index contributed by atoms with van der Waals surface area (Å²) >= 11 is 0. The van der Waals surface area contributed by atoms with Gasteiger partial charge >= 0.3 is 0 Å². The number of benzene rings is 2. The van der Waals surface area contributed by atoms with Gasteiger partial charge in [0.25, 0.3) is 5.91 Å². The molecule has 0 aliphatic carbocycles. The van der Waals surface area contributed by atoms with E-state index in [9.17, 15) is 4.79 Å². The second-order valence-electron chi connectivity index (χ2n) is 7.63. The molecule has 0 unspecified atom stereocenters. The molecule has 0 bridgehead atoms. The molecule has 1 amide bonds. The average molecular weight is 453 g/mol. The van der Waals surface area contributed by atoms with Crippen LogP contribution in [0.1, 0.15) is 27.9 Å². The number of piperazine rings is 1. The van der Waals surface area contributed by atoms with Gasteiger partial charge in [-0.15, -0.1) is 24.8 Å². The van der Waals surface area contributed by atoms with Gasteiger partial charge < -0.3 is 15.5 Å². The highest BCUT2D eigenvalue weighted by Gasteiger charge is 2.18. The Morgan fingerprint density at radius 2 is 1.63 bits per heavy atom. The molecule has 0 aromatic heterocycles. The summed E-state index contributed by atoms with van der Waals surface area (Å²) in [5.74, 6) is 0.0810. The lowest BCUT2D eigenvalue weighted by atomic mass is 10.1. The molecule has 7 heteroatoms. The van der Waals surface area contributed by atoms with Crippen molar-refractivity contribution in [3.05, 3.63) is 71.3 Å². The van der Waals surface area contributed by atoms with Crippen molar-refractivity contribution in [3.63, 3.8) is 0 Å². The Bertz CT molecular complexity index is 752. The van der Waals surface area contributed by atoms with Crippen LogP contribution < -0.4 is 5.73 Å². The van der Waals surface area contributed by atoms with Crippen LogP contribution in [0, 0.1) is 0 Å². The average Bonchev–Trinajstić information content (AvgIpc) is 2.73. The first-order valence-corrected chi connectivity index (χ1v) is 10.2. The second kappa shape index (κ2) is 13.6. The Hall–Kier alpha value is -1.63. The van der Waals surface area contributed by atoms with Gasteiger partial charge in [0.15, 0.2) is 0 Å². The summed E-state index contributed by atoms with van der Waals surface area (Å²) in [6, 6.07) is 18.3. The SMILES string of the molecule is CN1CCN(Cc2cccc(C(=O)N(CCCN)Cc3ccccc3)c2)CC1.Cl.Cl. The first kappa shape index (κ1) is 26.4. The van der Waals surface area contributed by atoms with Crippen molar-refractivity contribution >= 4 is 30.7 Å². The Balaban J connectivity index is 0.00000225. The maximum atomic E-state index is 13.2. The van der Waals surface area contributed by atoms with Crippen molar-refractivity contribution in [1.82, 2.24) is 14.7 Å². The van der Waals surface area contributed by atoms with Crippen LogP contribution in [0.15, 0.2) is 54.6 Å². The lowest BCUT2D eigenvalue weighted by molar-refractivity contribution is 0.0742. The van der Waals surface area contributed by atoms with Crippen molar-refractivity contribution in [2.75, 3.05) is 46.3 Å². The van der Waals surface area contributed by atoms with E-state index in [1.165, 1.54) is 5.56 Å². The maximum Gasteiger partial charge on any atom is 0.254 e. The monoisotopic (exact) mass is 452 g/mol. The zero-order chi connectivity index (χ0) is 19.8. The number of rotatable bonds is 8. The predicted molar refractivity (Wildman–Crippen MR) is 129 cm³/mol. The normalized spacial score (nSPS) is 14.5. The molecule has 0 spiro atoms. The molecule has 1 saturated heterocycles. The Labute approximate surface area is 193 Å². The van der Waals surface area contributed by atoms with Crippen LogP contribution in [0.2, 0.25) is 0 Å². The molecule has 2 N–H and O–H groups in total. The third kappa shape index (κ3) is 7.89. The molecule has 166 valence electrons. The van der Waals surface area contributed by atoms with E-state index in [2.05, 4.69) is 41.1 Å². The number of hydrogen-bond acceptors (Lipinski definition) is 4. The van der Waals surface area contributed by atoms with Gasteiger partial charge in [0, 0.05) is 51.4 Å². The Morgan fingerprint density at radius 3 is 2.30 bits per heavy atom. The smallest absolute Gasteiger partial charge is 0.254 e. The number of carbonyl (C=O) groups is 1. The highest BCUT2D eigenvalue weighted by atomic mass is 35.5. The third-order valence-corrected chi connectivity index (χ3v) is 5.31. The van der Waals surface area contributed by atoms with Gasteiger partial charge in [-0.3, -0.25) is 9.69 Å². The highest BCUT2D eigenvalue weighted by molar-refractivity contribution is 5.94. The molecule has 1 heterocycles. The molecule has 1 aliphatic heterocycles. The summed E-state index contributed by atoms with van der Waals surface area (Å²) < 4.78 is 0. The largest absolute Gasteiger partial charge is 0.334 e. The van der Waals surface area contributed by atoms with E-state index in [1.807, 2.05) is 35.2 Å². The number of nitrogens with two attached hydrogens (primary N) is 1. The third-order valence-electron chi connectivity index (χ3n) is 5.31. The maximum absolute atomic E-state index is 13.2. The van der Waals surface area contributed by atoms with Crippen LogP contribution >= 0.6 is 24.8 Å². The van der Waals surface area contributed by atoms with Crippen molar-refractivity contribution < 1.29 is 4.79 Å². The molecule has 2 aromatic rings. The lowest BCUT2D eigenvalue weighted by Gasteiger charge is -2.32. The first-order valence-electron chi connectivity index (χ1n) is 10.2. The van der Waals surface area contributed by atoms with Crippen LogP contribution in [-0.4, -0.2) is 66.9 Å². The van der Waals surface area contributed by atoms with Gasteiger partial charge in [-0.2, -0.15) is 0 Å². The molecular formula is C23H34Cl2N4O. The fourth-order valence-electron chi connectivity index (χ4n) is 3.59. The molecule has 3 rings (SSSR count). The summed E-state index contributed by atoms with van der Waals surface area (Å²) in [4.78, 5) is 19.9. The van der Waals surface area contributed by atoms with E-state index in [4.69, 9.17) is 5.73 Å². The van der Waals surface area contributed by atoms with Gasteiger partial charge in [0.1, 0.15) is 0 Å². The molecule has 30 heavy (non-hydrogen) atoms. The van der Waals surface area contributed by atoms with Crippen LogP contribution in [0.4, 0.5) is 0 Å². The van der Waals surface area contributed by atoms with E-state index >= 15 is 0 Å². The molecule has 0 atom stereocenters. The van der Waals surface area contributed by atoms with Crippen LogP contribution in [0.3, 0.4) is 0 Å². The second-order valence-corrected chi connectivity index (χ2v) is 7.63. The fourth-order valence-corrected chi connectivity index (χ4v) is 3.59. The van der Waals surface area contributed by atoms with Crippen LogP contribution in [-0.2, 0) is 13.1 Å². The highest BCUT2D eigenvalue weighted by Crippen LogP contribution is 2.14. The minimum atomic E-state index is 0. The molecule has 0 radical (unpaired) electrons. The van der Waals surface area contributed by atoms with Crippen molar-refractivity contribution in [2.24, 2.45) is 5.73 Å². The number of carbonyl (C=O) groups excluding carboxylic acids is 1. The van der Waals surface area contributed by atoms with Gasteiger partial charge in [0.2, 0.25) is 0 Å². The molecule has 2 aromatic carbocycles. The zero-order valence-electron chi connectivity index (χ0n) is 17.7. The standard InChI is InChI=1S/C23H32N4O.2ClH/c1-25-13-15-26(16-14-25)18-21-9-5-10-22(17-21)23(28)27(12-6-11-24)19-20-7-3-2-4-8-20;;/h2-5,7-10,17H,6,11-16,18-19,24H2,1H3;2*1H. The first-order chi connectivity index (χ1) is 13.7. The predicted octanol–water partition coefficient (Wildman–Crippen LogP) is 3.27. The zero-order valence-corrected chi connectivity index (χ0v) is 19.3. The summed E-state index contributed by atoms with van der Waals surface area (Å²) in [5.41, 5.74) is 8.81. The van der Waals surface area contributed by atoms with Gasteiger partial charge in [-0.1, -0.05) is 42.5 Å². The fraction of sp³-hybridized carbons (Fsp3) is 0.435. The summed E-state index contributed by atoms with van der Waals surface area (Å²) in [7, 11) is 2.17. The van der Waals surface area contributed by atoms with Crippen LogP contribution in [0.5, 0.6) is 0 Å². The van der Waals surface area contributed by atoms with Crippen molar-refractivity contribution in [2.45, 2.75) is 19.5 Å². The van der Waals surface area contributed by atoms with E-state index in [0.717, 1.165) is 50.3 Å². The Morgan fingerprint density at radius 1 is 0.967 bits per heavy atom. The molecule has 1 aliphatic rings. The number of likely N-dealkylation sites (N-methyl/N-ethyl adjacent to an activating group) is 1. The van der Waals surface area contributed by atoms with E-state index in [-0.39, 0.29) is 30.7 Å². The topological polar surface area (TPSA) is 52.8 Å². The molecule has 0 saturated carbocycles. The van der Waals surface area contributed by atoms with E-state index in [0.29, 0.717) is 19.6 Å². The van der Waals surface area contributed by atoms with E-state index < -0.39 is 0 Å². The summed E-state index contributed by atoms with van der Waals surface area (Å²) in [6.07, 6.45) is 0.805. The molecular weight excluding hydrogens is 419 g/mol. The summed E-state index contributed by atoms with van der Waals surface area (Å²) in [5, 5.41) is 0. The summed E-state index contributed by atoms with van der Waals surface area (Å²) in [6.45, 7) is 7.12. The number of nitrogens with zero attached hydrogens (tertiary/aromatic N) is 3. The minimum absolute atomic E-state index is 0. The van der Waals surface area contributed by atoms with Crippen LogP contribution in [0.25, 0.3) is 0 Å². The van der Waals surface area contributed by atoms with E-state index in [1.54, 1.807) is 0 Å². The van der Waals surface area contributed by atoms with Gasteiger partial charge in [-0.25, -0.2) is 0 Å². The van der Waals surface area contributed by atoms with Gasteiger partial charge in [-0.05, 0) is 43.3 Å². The quantitative estimate of drug-likeness (QED) is 0.667. The molecule has 5 nitrogen and oxygen atoms in total. The molecule has 1 fully saturated rings. The van der Waals surface area contributed by atoms with Gasteiger partial charge in [0.05, 0.1) is 0 Å². The number of halogens is 2. The number of hydrogen-bond donors (Lipinski definition) is 1. The lowest BCUT2D eigenvalue weighted by Crippen LogP contribution is -2.43. The Kier molecular flexibility index (Phi) is 12.0.